The quantitative estimate of drug-likeness (QED) is 0.789. The Labute approximate surface area is 148 Å². The number of likely N-dealkylation sites (tertiary alicyclic amines) is 1. The molecule has 0 aromatic rings. The SMILES string of the molecule is CC1(C)CN(C(=O)CSCC(=O)N2CCOCC2)CCC1N.Cl. The number of nitrogens with zero attached hydrogens (tertiary/aromatic N) is 2. The molecule has 2 aliphatic rings. The van der Waals surface area contributed by atoms with E-state index in [0.29, 0.717) is 44.4 Å². The molecule has 2 saturated heterocycles. The van der Waals surface area contributed by atoms with Crippen LogP contribution in [0.1, 0.15) is 20.3 Å². The van der Waals surface area contributed by atoms with Crippen molar-refractivity contribution in [2.75, 3.05) is 50.9 Å². The largest absolute Gasteiger partial charge is 0.378 e. The molecule has 0 spiro atoms. The molecular formula is C15H28ClN3O3S. The van der Waals surface area contributed by atoms with Gasteiger partial charge in [0.05, 0.1) is 24.7 Å². The van der Waals surface area contributed by atoms with Crippen molar-refractivity contribution in [1.29, 1.82) is 0 Å². The van der Waals surface area contributed by atoms with Gasteiger partial charge in [-0.05, 0) is 11.8 Å². The summed E-state index contributed by atoms with van der Waals surface area (Å²) >= 11 is 1.40. The van der Waals surface area contributed by atoms with E-state index in [4.69, 9.17) is 10.5 Å². The molecule has 6 nitrogen and oxygen atoms in total. The first-order valence-corrected chi connectivity index (χ1v) is 9.02. The predicted octanol–water partition coefficient (Wildman–Crippen LogP) is 0.586. The van der Waals surface area contributed by atoms with Crippen molar-refractivity contribution in [1.82, 2.24) is 9.80 Å². The zero-order chi connectivity index (χ0) is 16.2. The second-order valence-corrected chi connectivity index (χ2v) is 7.67. The van der Waals surface area contributed by atoms with E-state index in [1.807, 2.05) is 9.80 Å². The predicted molar refractivity (Wildman–Crippen MR) is 94.9 cm³/mol. The van der Waals surface area contributed by atoms with Gasteiger partial charge >= 0.3 is 0 Å². The van der Waals surface area contributed by atoms with Crippen molar-refractivity contribution in [2.24, 2.45) is 11.1 Å². The highest BCUT2D eigenvalue weighted by atomic mass is 35.5. The molecule has 0 radical (unpaired) electrons. The number of thioether (sulfide) groups is 1. The minimum absolute atomic E-state index is 0. The number of rotatable bonds is 4. The number of halogens is 1. The van der Waals surface area contributed by atoms with Gasteiger partial charge < -0.3 is 20.3 Å². The van der Waals surface area contributed by atoms with Crippen molar-refractivity contribution in [3.05, 3.63) is 0 Å². The molecular weight excluding hydrogens is 338 g/mol. The van der Waals surface area contributed by atoms with Gasteiger partial charge in [-0.2, -0.15) is 0 Å². The third kappa shape index (κ3) is 5.81. The number of hydrogen-bond donors (Lipinski definition) is 1. The van der Waals surface area contributed by atoms with Gasteiger partial charge in [-0.15, -0.1) is 24.2 Å². The van der Waals surface area contributed by atoms with Crippen molar-refractivity contribution in [2.45, 2.75) is 26.3 Å². The third-order valence-corrected chi connectivity index (χ3v) is 5.38. The molecule has 0 aromatic carbocycles. The second kappa shape index (κ2) is 9.11. The molecule has 0 saturated carbocycles. The van der Waals surface area contributed by atoms with Gasteiger partial charge in [-0.25, -0.2) is 0 Å². The van der Waals surface area contributed by atoms with Gasteiger partial charge in [0, 0.05) is 32.2 Å². The fourth-order valence-corrected chi connectivity index (χ4v) is 3.62. The number of carbonyl (C=O) groups excluding carboxylic acids is 2. The van der Waals surface area contributed by atoms with Crippen LogP contribution in [0.5, 0.6) is 0 Å². The average Bonchev–Trinajstić information content (AvgIpc) is 2.50. The summed E-state index contributed by atoms with van der Waals surface area (Å²) in [7, 11) is 0. The van der Waals surface area contributed by atoms with E-state index in [1.54, 1.807) is 0 Å². The molecule has 2 rings (SSSR count). The van der Waals surface area contributed by atoms with Gasteiger partial charge in [0.25, 0.3) is 0 Å². The topological polar surface area (TPSA) is 75.9 Å². The zero-order valence-electron chi connectivity index (χ0n) is 14.0. The van der Waals surface area contributed by atoms with Crippen LogP contribution in [-0.2, 0) is 14.3 Å². The summed E-state index contributed by atoms with van der Waals surface area (Å²) in [6.45, 7) is 8.17. The van der Waals surface area contributed by atoms with E-state index in [-0.39, 0.29) is 35.7 Å². The fourth-order valence-electron chi connectivity index (χ4n) is 2.81. The normalized spacial score (nSPS) is 24.0. The van der Waals surface area contributed by atoms with Crippen LogP contribution in [0.15, 0.2) is 0 Å². The second-order valence-electron chi connectivity index (χ2n) is 6.69. The molecule has 8 heteroatoms. The van der Waals surface area contributed by atoms with Gasteiger partial charge in [0.1, 0.15) is 0 Å². The summed E-state index contributed by atoms with van der Waals surface area (Å²) in [4.78, 5) is 28.0. The van der Waals surface area contributed by atoms with Crippen LogP contribution in [0.25, 0.3) is 0 Å². The summed E-state index contributed by atoms with van der Waals surface area (Å²) in [6, 6.07) is 0.145. The lowest BCUT2D eigenvalue weighted by Crippen LogP contribution is -2.54. The van der Waals surface area contributed by atoms with Gasteiger partial charge in [-0.3, -0.25) is 9.59 Å². The van der Waals surface area contributed by atoms with E-state index in [2.05, 4.69) is 13.8 Å². The Bertz CT molecular complexity index is 417. The van der Waals surface area contributed by atoms with Crippen LogP contribution in [0.4, 0.5) is 0 Å². The molecule has 1 atom stereocenters. The number of nitrogens with two attached hydrogens (primary N) is 1. The van der Waals surface area contributed by atoms with Crippen molar-refractivity contribution in [3.8, 4) is 0 Å². The summed E-state index contributed by atoms with van der Waals surface area (Å²) in [6.07, 6.45) is 0.843. The molecule has 0 aliphatic carbocycles. The molecule has 2 fully saturated rings. The van der Waals surface area contributed by atoms with E-state index in [0.717, 1.165) is 13.0 Å². The summed E-state index contributed by atoms with van der Waals surface area (Å²) in [5.41, 5.74) is 6.05. The van der Waals surface area contributed by atoms with E-state index in [1.165, 1.54) is 11.8 Å². The molecule has 2 heterocycles. The zero-order valence-corrected chi connectivity index (χ0v) is 15.6. The monoisotopic (exact) mass is 365 g/mol. The summed E-state index contributed by atoms with van der Waals surface area (Å²) in [5.74, 6) is 0.936. The fraction of sp³-hybridized carbons (Fsp3) is 0.867. The number of piperidine rings is 1. The lowest BCUT2D eigenvalue weighted by atomic mass is 9.80. The third-order valence-electron chi connectivity index (χ3n) is 4.48. The highest BCUT2D eigenvalue weighted by molar-refractivity contribution is 8.00. The van der Waals surface area contributed by atoms with Crippen molar-refractivity contribution >= 4 is 36.0 Å². The molecule has 134 valence electrons. The maximum absolute atomic E-state index is 12.3. The average molecular weight is 366 g/mol. The smallest absolute Gasteiger partial charge is 0.232 e. The molecule has 1 unspecified atom stereocenters. The number of amides is 2. The van der Waals surface area contributed by atoms with Crippen LogP contribution in [0.2, 0.25) is 0 Å². The van der Waals surface area contributed by atoms with Gasteiger partial charge in [0.15, 0.2) is 0 Å². The van der Waals surface area contributed by atoms with Crippen LogP contribution < -0.4 is 5.73 Å². The lowest BCUT2D eigenvalue weighted by Gasteiger charge is -2.42. The standard InChI is InChI=1S/C15H27N3O3S.ClH/c1-15(2)11-18(4-3-12(15)16)14(20)10-22-9-13(19)17-5-7-21-8-6-17;/h12H,3-11,16H2,1-2H3;1H. The Balaban J connectivity index is 0.00000264. The maximum Gasteiger partial charge on any atom is 0.232 e. The van der Waals surface area contributed by atoms with E-state index in [9.17, 15) is 9.59 Å². The molecule has 0 aromatic heterocycles. The van der Waals surface area contributed by atoms with E-state index >= 15 is 0 Å². The van der Waals surface area contributed by atoms with Crippen LogP contribution >= 0.6 is 24.2 Å². The van der Waals surface area contributed by atoms with Crippen molar-refractivity contribution < 1.29 is 14.3 Å². The molecule has 0 bridgehead atoms. The Morgan fingerprint density at radius 1 is 1.13 bits per heavy atom. The van der Waals surface area contributed by atoms with Crippen LogP contribution in [-0.4, -0.2) is 78.6 Å². The number of ether oxygens (including phenoxy) is 1. The summed E-state index contributed by atoms with van der Waals surface area (Å²) in [5, 5.41) is 0. The molecule has 2 N–H and O–H groups in total. The highest BCUT2D eigenvalue weighted by Crippen LogP contribution is 2.28. The van der Waals surface area contributed by atoms with Crippen LogP contribution in [0, 0.1) is 5.41 Å². The molecule has 2 aliphatic heterocycles. The first-order valence-electron chi connectivity index (χ1n) is 7.87. The maximum atomic E-state index is 12.3. The Morgan fingerprint density at radius 3 is 2.26 bits per heavy atom. The Hall–Kier alpha value is -0.500. The van der Waals surface area contributed by atoms with Gasteiger partial charge in [0.2, 0.25) is 11.8 Å². The summed E-state index contributed by atoms with van der Waals surface area (Å²) < 4.78 is 5.23. The molecule has 2 amide bonds. The highest BCUT2D eigenvalue weighted by Gasteiger charge is 2.35. The number of hydrogen-bond acceptors (Lipinski definition) is 5. The minimum Gasteiger partial charge on any atom is -0.378 e. The first kappa shape index (κ1) is 20.5. The first-order chi connectivity index (χ1) is 10.4. The Morgan fingerprint density at radius 2 is 1.70 bits per heavy atom. The number of morpholine rings is 1. The van der Waals surface area contributed by atoms with Gasteiger partial charge in [-0.1, -0.05) is 13.8 Å². The van der Waals surface area contributed by atoms with Crippen molar-refractivity contribution in [3.63, 3.8) is 0 Å². The Kier molecular flexibility index (Phi) is 8.13. The number of carbonyl (C=O) groups is 2. The van der Waals surface area contributed by atoms with E-state index < -0.39 is 0 Å². The lowest BCUT2D eigenvalue weighted by molar-refractivity contribution is -0.132. The minimum atomic E-state index is -0.0395. The van der Waals surface area contributed by atoms with Crippen LogP contribution in [0.3, 0.4) is 0 Å². The molecule has 23 heavy (non-hydrogen) atoms.